The number of hydrogen-bond donors (Lipinski definition) is 1. The lowest BCUT2D eigenvalue weighted by atomic mass is 9.89. The van der Waals surface area contributed by atoms with Gasteiger partial charge in [-0.2, -0.15) is 4.68 Å². The highest BCUT2D eigenvalue weighted by molar-refractivity contribution is 5.83. The van der Waals surface area contributed by atoms with Crippen LogP contribution in [0.3, 0.4) is 0 Å². The first-order chi connectivity index (χ1) is 13.9. The fourth-order valence-corrected chi connectivity index (χ4v) is 3.31. The van der Waals surface area contributed by atoms with E-state index in [2.05, 4.69) is 10.4 Å². The largest absolute Gasteiger partial charge is 0.451 e. The highest BCUT2D eigenvalue weighted by atomic mass is 19.1. The van der Waals surface area contributed by atoms with Gasteiger partial charge in [0.1, 0.15) is 12.4 Å². The van der Waals surface area contributed by atoms with E-state index in [1.165, 1.54) is 50.5 Å². The molecule has 2 aromatic rings. The molecule has 1 atom stereocenters. The number of aromatic nitrogens is 2. The topological polar surface area (TPSA) is 103 Å². The zero-order chi connectivity index (χ0) is 20.8. The summed E-state index contributed by atoms with van der Waals surface area (Å²) in [4.78, 5) is 36.1. The first-order valence-electron chi connectivity index (χ1n) is 9.73. The van der Waals surface area contributed by atoms with E-state index < -0.39 is 30.2 Å². The average Bonchev–Trinajstić information content (AvgIpc) is 3.07. The lowest BCUT2D eigenvalue weighted by Crippen LogP contribution is -2.39. The molecular weight excluding hydrogens is 381 g/mol. The third-order valence-electron chi connectivity index (χ3n) is 4.94. The second-order valence-electron chi connectivity index (χ2n) is 7.22. The van der Waals surface area contributed by atoms with E-state index in [-0.39, 0.29) is 11.8 Å². The molecule has 1 N–H and O–H groups in total. The van der Waals surface area contributed by atoms with Crippen molar-refractivity contribution in [1.29, 1.82) is 0 Å². The van der Waals surface area contributed by atoms with Gasteiger partial charge in [-0.05, 0) is 49.9 Å². The van der Waals surface area contributed by atoms with Gasteiger partial charge in [-0.25, -0.2) is 9.18 Å². The van der Waals surface area contributed by atoms with Crippen molar-refractivity contribution in [2.24, 2.45) is 5.92 Å². The van der Waals surface area contributed by atoms with Crippen molar-refractivity contribution in [3.05, 3.63) is 40.6 Å². The molecule has 3 rings (SSSR count). The van der Waals surface area contributed by atoms with Gasteiger partial charge in [0, 0.05) is 12.1 Å². The monoisotopic (exact) mass is 405 g/mol. The maximum atomic E-state index is 13.0. The van der Waals surface area contributed by atoms with Crippen LogP contribution in [0.25, 0.3) is 11.5 Å². The van der Waals surface area contributed by atoms with Crippen LogP contribution in [0.15, 0.2) is 33.5 Å². The highest BCUT2D eigenvalue weighted by Crippen LogP contribution is 2.22. The maximum Gasteiger partial charge on any atom is 0.437 e. The second kappa shape index (κ2) is 9.49. The number of carbonyl (C=O) groups is 2. The molecule has 0 radical (unpaired) electrons. The number of benzene rings is 1. The molecule has 1 aromatic heterocycles. The molecule has 1 saturated carbocycles. The van der Waals surface area contributed by atoms with E-state index >= 15 is 0 Å². The normalized spacial score (nSPS) is 15.7. The predicted octanol–water partition coefficient (Wildman–Crippen LogP) is 2.27. The first kappa shape index (κ1) is 20.8. The standard InChI is InChI=1S/C20H24FN3O5/c1-13(18(26)22-11-14-5-3-2-4-6-14)28-17(25)12-24-20(27)29-19(23-24)15-7-9-16(21)10-8-15/h7-10,13-14H,2-6,11-12H2,1H3,(H,22,26). The summed E-state index contributed by atoms with van der Waals surface area (Å²) in [6, 6.07) is 5.22. The van der Waals surface area contributed by atoms with Gasteiger partial charge in [-0.15, -0.1) is 5.10 Å². The molecule has 9 heteroatoms. The van der Waals surface area contributed by atoms with Crippen molar-refractivity contribution in [2.75, 3.05) is 6.54 Å². The Kier molecular flexibility index (Phi) is 6.79. The molecule has 0 aliphatic heterocycles. The zero-order valence-electron chi connectivity index (χ0n) is 16.2. The van der Waals surface area contributed by atoms with Crippen LogP contribution < -0.4 is 11.1 Å². The van der Waals surface area contributed by atoms with Crippen LogP contribution in [0, 0.1) is 11.7 Å². The Morgan fingerprint density at radius 3 is 2.66 bits per heavy atom. The van der Waals surface area contributed by atoms with E-state index in [1.807, 2.05) is 0 Å². The minimum atomic E-state index is -0.981. The summed E-state index contributed by atoms with van der Waals surface area (Å²) in [7, 11) is 0. The average molecular weight is 405 g/mol. The molecule has 1 fully saturated rings. The Morgan fingerprint density at radius 1 is 1.28 bits per heavy atom. The number of carbonyl (C=O) groups excluding carboxylic acids is 2. The highest BCUT2D eigenvalue weighted by Gasteiger charge is 2.21. The molecule has 29 heavy (non-hydrogen) atoms. The lowest BCUT2D eigenvalue weighted by molar-refractivity contribution is -0.155. The van der Waals surface area contributed by atoms with Crippen molar-refractivity contribution < 1.29 is 23.1 Å². The summed E-state index contributed by atoms with van der Waals surface area (Å²) in [5, 5.41) is 6.73. The van der Waals surface area contributed by atoms with Crippen LogP contribution in [0.5, 0.6) is 0 Å². The van der Waals surface area contributed by atoms with E-state index in [4.69, 9.17) is 9.15 Å². The summed E-state index contributed by atoms with van der Waals surface area (Å²) in [6.07, 6.45) is 4.81. The quantitative estimate of drug-likeness (QED) is 0.709. The smallest absolute Gasteiger partial charge is 0.437 e. The summed E-state index contributed by atoms with van der Waals surface area (Å²) in [5.74, 6) is -2.02. The van der Waals surface area contributed by atoms with Gasteiger partial charge in [0.25, 0.3) is 5.91 Å². The van der Waals surface area contributed by atoms with Crippen LogP contribution in [-0.4, -0.2) is 34.3 Å². The molecule has 1 amide bonds. The number of rotatable bonds is 7. The molecular formula is C20H24FN3O5. The second-order valence-corrected chi connectivity index (χ2v) is 7.22. The van der Waals surface area contributed by atoms with Gasteiger partial charge in [0.05, 0.1) is 0 Å². The van der Waals surface area contributed by atoms with E-state index in [0.717, 1.165) is 17.5 Å². The van der Waals surface area contributed by atoms with E-state index in [1.54, 1.807) is 0 Å². The Labute approximate surface area is 167 Å². The molecule has 1 aliphatic carbocycles. The van der Waals surface area contributed by atoms with E-state index in [9.17, 15) is 18.8 Å². The third kappa shape index (κ3) is 5.75. The van der Waals surface area contributed by atoms with Gasteiger partial charge < -0.3 is 14.5 Å². The van der Waals surface area contributed by atoms with Crippen LogP contribution >= 0.6 is 0 Å². The molecule has 8 nitrogen and oxygen atoms in total. The molecule has 1 aliphatic rings. The fraction of sp³-hybridized carbons (Fsp3) is 0.500. The van der Waals surface area contributed by atoms with Crippen molar-refractivity contribution >= 4 is 11.9 Å². The molecule has 0 saturated heterocycles. The molecule has 0 bridgehead atoms. The summed E-state index contributed by atoms with van der Waals surface area (Å²) in [6.45, 7) is 1.55. The number of halogens is 1. The number of esters is 1. The number of amides is 1. The van der Waals surface area contributed by atoms with E-state index in [0.29, 0.717) is 18.0 Å². The van der Waals surface area contributed by atoms with Gasteiger partial charge in [-0.3, -0.25) is 9.59 Å². The van der Waals surface area contributed by atoms with Gasteiger partial charge in [-0.1, -0.05) is 19.3 Å². The van der Waals surface area contributed by atoms with Crippen molar-refractivity contribution in [3.8, 4) is 11.5 Å². The number of nitrogens with zero attached hydrogens (tertiary/aromatic N) is 2. The summed E-state index contributed by atoms with van der Waals surface area (Å²) >= 11 is 0. The van der Waals surface area contributed by atoms with Crippen LogP contribution in [0.2, 0.25) is 0 Å². The Hall–Kier alpha value is -2.97. The lowest BCUT2D eigenvalue weighted by Gasteiger charge is -2.22. The Balaban J connectivity index is 1.51. The van der Waals surface area contributed by atoms with Crippen molar-refractivity contribution in [1.82, 2.24) is 15.1 Å². The minimum absolute atomic E-state index is 0.0407. The molecule has 1 aromatic carbocycles. The van der Waals surface area contributed by atoms with Crippen LogP contribution in [0.1, 0.15) is 39.0 Å². The summed E-state index contributed by atoms with van der Waals surface area (Å²) in [5.41, 5.74) is 0.395. The SMILES string of the molecule is CC(OC(=O)Cn1nc(-c2ccc(F)cc2)oc1=O)C(=O)NCC1CCCCC1. The van der Waals surface area contributed by atoms with Crippen LogP contribution in [-0.2, 0) is 20.9 Å². The van der Waals surface area contributed by atoms with Gasteiger partial charge >= 0.3 is 11.7 Å². The van der Waals surface area contributed by atoms with Crippen molar-refractivity contribution in [2.45, 2.75) is 51.7 Å². The van der Waals surface area contributed by atoms with Crippen LogP contribution in [0.4, 0.5) is 4.39 Å². The third-order valence-corrected chi connectivity index (χ3v) is 4.94. The molecule has 156 valence electrons. The predicted molar refractivity (Wildman–Crippen MR) is 101 cm³/mol. The number of hydrogen-bond acceptors (Lipinski definition) is 6. The minimum Gasteiger partial charge on any atom is -0.451 e. The first-order valence-corrected chi connectivity index (χ1v) is 9.73. The van der Waals surface area contributed by atoms with Gasteiger partial charge in [0.15, 0.2) is 6.10 Å². The molecule has 0 spiro atoms. The number of nitrogens with one attached hydrogen (secondary N) is 1. The molecule has 1 heterocycles. The van der Waals surface area contributed by atoms with Gasteiger partial charge in [0.2, 0.25) is 5.89 Å². The summed E-state index contributed by atoms with van der Waals surface area (Å²) < 4.78 is 23.9. The van der Waals surface area contributed by atoms with Crippen molar-refractivity contribution in [3.63, 3.8) is 0 Å². The Bertz CT molecular complexity index is 900. The zero-order valence-corrected chi connectivity index (χ0v) is 16.2. The Morgan fingerprint density at radius 2 is 1.97 bits per heavy atom. The number of ether oxygens (including phenoxy) is 1. The molecule has 1 unspecified atom stereocenters. The maximum absolute atomic E-state index is 13.0. The fourth-order valence-electron chi connectivity index (χ4n) is 3.31.